The third kappa shape index (κ3) is 4.51. The highest BCUT2D eigenvalue weighted by molar-refractivity contribution is 6.10. The number of nitrogens with zero attached hydrogens (tertiary/aromatic N) is 1. The van der Waals surface area contributed by atoms with Crippen molar-refractivity contribution in [1.29, 1.82) is 0 Å². The first-order valence-corrected chi connectivity index (χ1v) is 7.86. The number of amides is 2. The van der Waals surface area contributed by atoms with E-state index in [1.807, 2.05) is 30.3 Å². The molecule has 0 saturated heterocycles. The fourth-order valence-electron chi connectivity index (χ4n) is 2.40. The Hall–Kier alpha value is -3.47. The van der Waals surface area contributed by atoms with Gasteiger partial charge in [0.2, 0.25) is 5.91 Å². The Kier molecular flexibility index (Phi) is 5.16. The van der Waals surface area contributed by atoms with Crippen LogP contribution in [0.5, 0.6) is 0 Å². The lowest BCUT2D eigenvalue weighted by molar-refractivity contribution is -0.115. The summed E-state index contributed by atoms with van der Waals surface area (Å²) in [6.45, 7) is 0. The van der Waals surface area contributed by atoms with E-state index in [1.165, 1.54) is 0 Å². The van der Waals surface area contributed by atoms with E-state index in [0.29, 0.717) is 16.9 Å². The molecule has 0 atom stereocenters. The molecule has 3 rings (SSSR count). The molecule has 0 aliphatic heterocycles. The monoisotopic (exact) mass is 331 g/mol. The van der Waals surface area contributed by atoms with Gasteiger partial charge in [-0.1, -0.05) is 42.5 Å². The largest absolute Gasteiger partial charge is 0.325 e. The van der Waals surface area contributed by atoms with Crippen molar-refractivity contribution in [3.63, 3.8) is 0 Å². The normalized spacial score (nSPS) is 10.1. The zero-order chi connectivity index (χ0) is 17.5. The number of anilines is 2. The van der Waals surface area contributed by atoms with Crippen LogP contribution in [0.2, 0.25) is 0 Å². The molecule has 0 aliphatic rings. The van der Waals surface area contributed by atoms with Gasteiger partial charge in [-0.15, -0.1) is 0 Å². The quantitative estimate of drug-likeness (QED) is 0.751. The van der Waals surface area contributed by atoms with Gasteiger partial charge in [0.05, 0.1) is 29.6 Å². The highest BCUT2D eigenvalue weighted by Gasteiger charge is 2.13. The van der Waals surface area contributed by atoms with Crippen molar-refractivity contribution in [3.8, 4) is 0 Å². The molecule has 124 valence electrons. The second kappa shape index (κ2) is 7.88. The third-order valence-electron chi connectivity index (χ3n) is 3.57. The number of hydrogen-bond acceptors (Lipinski definition) is 3. The zero-order valence-corrected chi connectivity index (χ0v) is 13.5. The maximum Gasteiger partial charge on any atom is 0.257 e. The van der Waals surface area contributed by atoms with E-state index in [-0.39, 0.29) is 18.2 Å². The van der Waals surface area contributed by atoms with E-state index >= 15 is 0 Å². The first-order chi connectivity index (χ1) is 12.2. The van der Waals surface area contributed by atoms with Crippen molar-refractivity contribution in [2.24, 2.45) is 0 Å². The number of nitrogens with one attached hydrogen (secondary N) is 2. The molecule has 1 heterocycles. The molecule has 0 bridgehead atoms. The number of aromatic nitrogens is 1. The van der Waals surface area contributed by atoms with E-state index < -0.39 is 0 Å². The second-order valence-electron chi connectivity index (χ2n) is 5.45. The summed E-state index contributed by atoms with van der Waals surface area (Å²) in [5.74, 6) is -0.476. The molecule has 0 spiro atoms. The topological polar surface area (TPSA) is 71.1 Å². The molecule has 25 heavy (non-hydrogen) atoms. The molecule has 0 aliphatic carbocycles. The molecule has 2 aromatic carbocycles. The van der Waals surface area contributed by atoms with Crippen LogP contribution in [0, 0.1) is 0 Å². The van der Waals surface area contributed by atoms with E-state index in [1.54, 1.807) is 48.8 Å². The van der Waals surface area contributed by atoms with Crippen LogP contribution in [0.25, 0.3) is 0 Å². The molecular formula is C20H17N3O2. The molecule has 0 saturated carbocycles. The highest BCUT2D eigenvalue weighted by Crippen LogP contribution is 2.17. The van der Waals surface area contributed by atoms with Crippen LogP contribution in [-0.2, 0) is 11.2 Å². The fraction of sp³-hybridized carbons (Fsp3) is 0.0500. The Morgan fingerprint density at radius 2 is 1.60 bits per heavy atom. The lowest BCUT2D eigenvalue weighted by atomic mass is 10.1. The van der Waals surface area contributed by atoms with E-state index in [2.05, 4.69) is 15.6 Å². The van der Waals surface area contributed by atoms with Gasteiger partial charge in [-0.3, -0.25) is 14.6 Å². The number of hydrogen-bond donors (Lipinski definition) is 2. The summed E-state index contributed by atoms with van der Waals surface area (Å²) >= 11 is 0. The van der Waals surface area contributed by atoms with Crippen molar-refractivity contribution in [2.75, 3.05) is 10.6 Å². The number of rotatable bonds is 5. The summed E-state index contributed by atoms with van der Waals surface area (Å²) in [6.07, 6.45) is 3.45. The minimum absolute atomic E-state index is 0.173. The predicted molar refractivity (Wildman–Crippen MR) is 97.4 cm³/mol. The zero-order valence-electron chi connectivity index (χ0n) is 13.5. The Labute approximate surface area is 145 Å². The van der Waals surface area contributed by atoms with Gasteiger partial charge in [0, 0.05) is 6.20 Å². The summed E-state index contributed by atoms with van der Waals surface area (Å²) in [4.78, 5) is 28.7. The Bertz CT molecular complexity index is 864. The van der Waals surface area contributed by atoms with Crippen molar-refractivity contribution in [1.82, 2.24) is 4.98 Å². The number of carbonyl (C=O) groups excluding carboxylic acids is 2. The number of carbonyl (C=O) groups is 2. The van der Waals surface area contributed by atoms with Crippen molar-refractivity contribution in [2.45, 2.75) is 6.42 Å². The van der Waals surface area contributed by atoms with Crippen molar-refractivity contribution in [3.05, 3.63) is 90.3 Å². The van der Waals surface area contributed by atoms with Crippen LogP contribution in [0.4, 0.5) is 11.4 Å². The van der Waals surface area contributed by atoms with Gasteiger partial charge < -0.3 is 10.6 Å². The molecule has 5 nitrogen and oxygen atoms in total. The van der Waals surface area contributed by atoms with Gasteiger partial charge in [-0.2, -0.15) is 0 Å². The van der Waals surface area contributed by atoms with Gasteiger partial charge in [-0.05, 0) is 29.8 Å². The Morgan fingerprint density at radius 1 is 0.840 bits per heavy atom. The first kappa shape index (κ1) is 16.4. The SMILES string of the molecule is O=C(Cc1ccccc1)Nc1ccccc1C(=O)Nc1cccnc1. The average molecular weight is 331 g/mol. The summed E-state index contributed by atoms with van der Waals surface area (Å²) in [7, 11) is 0. The summed E-state index contributed by atoms with van der Waals surface area (Å²) in [5.41, 5.74) is 2.38. The number of benzene rings is 2. The van der Waals surface area contributed by atoms with E-state index in [4.69, 9.17) is 0 Å². The summed E-state index contributed by atoms with van der Waals surface area (Å²) < 4.78 is 0. The molecule has 0 radical (unpaired) electrons. The van der Waals surface area contributed by atoms with Crippen LogP contribution in [0.1, 0.15) is 15.9 Å². The first-order valence-electron chi connectivity index (χ1n) is 7.86. The van der Waals surface area contributed by atoms with Crippen LogP contribution in [0.15, 0.2) is 79.1 Å². The van der Waals surface area contributed by atoms with Gasteiger partial charge in [0.15, 0.2) is 0 Å². The third-order valence-corrected chi connectivity index (χ3v) is 3.57. The molecule has 2 amide bonds. The minimum atomic E-state index is -0.302. The van der Waals surface area contributed by atoms with Gasteiger partial charge in [-0.25, -0.2) is 0 Å². The van der Waals surface area contributed by atoms with Crippen molar-refractivity contribution >= 4 is 23.2 Å². The molecular weight excluding hydrogens is 314 g/mol. The van der Waals surface area contributed by atoms with Gasteiger partial charge in [0.1, 0.15) is 0 Å². The highest BCUT2D eigenvalue weighted by atomic mass is 16.2. The minimum Gasteiger partial charge on any atom is -0.325 e. The predicted octanol–water partition coefficient (Wildman–Crippen LogP) is 3.52. The Morgan fingerprint density at radius 3 is 2.36 bits per heavy atom. The Balaban J connectivity index is 1.72. The average Bonchev–Trinajstić information content (AvgIpc) is 2.63. The van der Waals surface area contributed by atoms with Gasteiger partial charge in [0.25, 0.3) is 5.91 Å². The van der Waals surface area contributed by atoms with E-state index in [9.17, 15) is 9.59 Å². The molecule has 2 N–H and O–H groups in total. The van der Waals surface area contributed by atoms with Crippen LogP contribution in [0.3, 0.4) is 0 Å². The summed E-state index contributed by atoms with van der Waals surface area (Å²) in [6, 6.07) is 19.9. The smallest absolute Gasteiger partial charge is 0.257 e. The lowest BCUT2D eigenvalue weighted by Gasteiger charge is -2.11. The maximum atomic E-state index is 12.5. The van der Waals surface area contributed by atoms with E-state index in [0.717, 1.165) is 5.56 Å². The van der Waals surface area contributed by atoms with Gasteiger partial charge >= 0.3 is 0 Å². The maximum absolute atomic E-state index is 12.5. The lowest BCUT2D eigenvalue weighted by Crippen LogP contribution is -2.19. The number of pyridine rings is 1. The second-order valence-corrected chi connectivity index (χ2v) is 5.45. The fourth-order valence-corrected chi connectivity index (χ4v) is 2.40. The van der Waals surface area contributed by atoms with Crippen molar-refractivity contribution < 1.29 is 9.59 Å². The molecule has 5 heteroatoms. The van der Waals surface area contributed by atoms with Crippen LogP contribution >= 0.6 is 0 Å². The molecule has 0 unspecified atom stereocenters. The number of para-hydroxylation sites is 1. The standard InChI is InChI=1S/C20H17N3O2/c24-19(13-15-7-2-1-3-8-15)23-18-11-5-4-10-17(18)20(25)22-16-9-6-12-21-14-16/h1-12,14H,13H2,(H,22,25)(H,23,24). The van der Waals surface area contributed by atoms with Crippen LogP contribution in [-0.4, -0.2) is 16.8 Å². The summed E-state index contributed by atoms with van der Waals surface area (Å²) in [5, 5.41) is 5.58. The van der Waals surface area contributed by atoms with Crippen LogP contribution < -0.4 is 10.6 Å². The molecule has 0 fully saturated rings. The molecule has 1 aromatic heterocycles. The molecule has 3 aromatic rings.